The summed E-state index contributed by atoms with van der Waals surface area (Å²) >= 11 is 3.27. The molecule has 1 aromatic heterocycles. The third-order valence-corrected chi connectivity index (χ3v) is 2.58. The van der Waals surface area contributed by atoms with E-state index in [1.807, 2.05) is 6.07 Å². The van der Waals surface area contributed by atoms with Gasteiger partial charge in [0, 0.05) is 16.4 Å². The fourth-order valence-corrected chi connectivity index (χ4v) is 1.85. The zero-order valence-corrected chi connectivity index (χ0v) is 8.88. The summed E-state index contributed by atoms with van der Waals surface area (Å²) in [7, 11) is 0. The SMILES string of the molecule is NCc1ccc2cc(F)cc(Br)c2n1. The summed E-state index contributed by atoms with van der Waals surface area (Å²) in [5, 5.41) is 0.772. The molecule has 14 heavy (non-hydrogen) atoms. The van der Waals surface area contributed by atoms with Crippen molar-refractivity contribution in [2.24, 2.45) is 5.73 Å². The monoisotopic (exact) mass is 254 g/mol. The van der Waals surface area contributed by atoms with Crippen molar-refractivity contribution >= 4 is 26.8 Å². The van der Waals surface area contributed by atoms with Crippen LogP contribution in [-0.4, -0.2) is 4.98 Å². The minimum absolute atomic E-state index is 0.272. The van der Waals surface area contributed by atoms with Crippen LogP contribution in [0.1, 0.15) is 5.69 Å². The molecule has 4 heteroatoms. The summed E-state index contributed by atoms with van der Waals surface area (Å²) in [5.74, 6) is -0.272. The van der Waals surface area contributed by atoms with E-state index in [2.05, 4.69) is 20.9 Å². The van der Waals surface area contributed by atoms with Crippen LogP contribution in [0.3, 0.4) is 0 Å². The Kier molecular flexibility index (Phi) is 2.48. The van der Waals surface area contributed by atoms with E-state index < -0.39 is 0 Å². The van der Waals surface area contributed by atoms with Gasteiger partial charge in [0.05, 0.1) is 11.2 Å². The first-order valence-corrected chi connectivity index (χ1v) is 4.95. The van der Waals surface area contributed by atoms with Crippen LogP contribution in [0, 0.1) is 5.82 Å². The first-order chi connectivity index (χ1) is 6.70. The molecule has 0 spiro atoms. The van der Waals surface area contributed by atoms with Gasteiger partial charge in [-0.3, -0.25) is 4.98 Å². The molecule has 1 aromatic carbocycles. The first kappa shape index (κ1) is 9.55. The molecule has 72 valence electrons. The molecule has 0 aliphatic heterocycles. The van der Waals surface area contributed by atoms with E-state index in [0.29, 0.717) is 11.0 Å². The lowest BCUT2D eigenvalue weighted by molar-refractivity contribution is 0.629. The van der Waals surface area contributed by atoms with E-state index in [1.165, 1.54) is 12.1 Å². The van der Waals surface area contributed by atoms with Crippen molar-refractivity contribution in [1.29, 1.82) is 0 Å². The first-order valence-electron chi connectivity index (χ1n) is 4.15. The lowest BCUT2D eigenvalue weighted by Crippen LogP contribution is -1.99. The van der Waals surface area contributed by atoms with Crippen molar-refractivity contribution in [3.05, 3.63) is 40.2 Å². The highest BCUT2D eigenvalue weighted by molar-refractivity contribution is 9.10. The van der Waals surface area contributed by atoms with Gasteiger partial charge in [0.2, 0.25) is 0 Å². The Morgan fingerprint density at radius 1 is 1.36 bits per heavy atom. The zero-order chi connectivity index (χ0) is 10.1. The molecular weight excluding hydrogens is 247 g/mol. The summed E-state index contributed by atoms with van der Waals surface area (Å²) < 4.78 is 13.7. The van der Waals surface area contributed by atoms with Gasteiger partial charge in [-0.05, 0) is 34.1 Å². The van der Waals surface area contributed by atoms with Crippen LogP contribution in [0.25, 0.3) is 10.9 Å². The van der Waals surface area contributed by atoms with Gasteiger partial charge in [-0.2, -0.15) is 0 Å². The molecule has 1 heterocycles. The van der Waals surface area contributed by atoms with Crippen LogP contribution in [0.4, 0.5) is 4.39 Å². The number of hydrogen-bond donors (Lipinski definition) is 1. The molecule has 0 bridgehead atoms. The second-order valence-electron chi connectivity index (χ2n) is 2.97. The van der Waals surface area contributed by atoms with Crippen molar-refractivity contribution in [3.8, 4) is 0 Å². The van der Waals surface area contributed by atoms with Gasteiger partial charge in [-0.25, -0.2) is 4.39 Å². The van der Waals surface area contributed by atoms with Crippen LogP contribution >= 0.6 is 15.9 Å². The van der Waals surface area contributed by atoms with Crippen LogP contribution in [0.2, 0.25) is 0 Å². The van der Waals surface area contributed by atoms with E-state index in [1.54, 1.807) is 6.07 Å². The molecule has 0 aliphatic carbocycles. The molecule has 2 aromatic rings. The van der Waals surface area contributed by atoms with E-state index in [0.717, 1.165) is 16.6 Å². The van der Waals surface area contributed by atoms with Crippen LogP contribution in [0.15, 0.2) is 28.7 Å². The maximum absolute atomic E-state index is 13.0. The number of benzene rings is 1. The van der Waals surface area contributed by atoms with E-state index in [-0.39, 0.29) is 5.82 Å². The Morgan fingerprint density at radius 3 is 2.86 bits per heavy atom. The second-order valence-corrected chi connectivity index (χ2v) is 3.82. The summed E-state index contributed by atoms with van der Waals surface area (Å²) in [4.78, 5) is 4.30. The van der Waals surface area contributed by atoms with Crippen molar-refractivity contribution in [1.82, 2.24) is 4.98 Å². The fourth-order valence-electron chi connectivity index (χ4n) is 1.31. The van der Waals surface area contributed by atoms with Gasteiger partial charge >= 0.3 is 0 Å². The fraction of sp³-hybridized carbons (Fsp3) is 0.100. The van der Waals surface area contributed by atoms with Crippen LogP contribution in [-0.2, 0) is 6.54 Å². The Bertz CT molecular complexity index is 485. The molecule has 0 radical (unpaired) electrons. The molecule has 0 aliphatic rings. The van der Waals surface area contributed by atoms with E-state index in [9.17, 15) is 4.39 Å². The topological polar surface area (TPSA) is 38.9 Å². The molecular formula is C10H8BrFN2. The molecule has 0 atom stereocenters. The molecule has 0 saturated heterocycles. The van der Waals surface area contributed by atoms with Gasteiger partial charge in [-0.1, -0.05) is 6.07 Å². The van der Waals surface area contributed by atoms with E-state index >= 15 is 0 Å². The molecule has 0 amide bonds. The van der Waals surface area contributed by atoms with E-state index in [4.69, 9.17) is 5.73 Å². The van der Waals surface area contributed by atoms with Crippen molar-refractivity contribution < 1.29 is 4.39 Å². The lowest BCUT2D eigenvalue weighted by atomic mass is 10.2. The summed E-state index contributed by atoms with van der Waals surface area (Å²) in [6.07, 6.45) is 0. The number of rotatable bonds is 1. The Morgan fingerprint density at radius 2 is 2.14 bits per heavy atom. The summed E-state index contributed by atoms with van der Waals surface area (Å²) in [5.41, 5.74) is 7.01. The van der Waals surface area contributed by atoms with Crippen LogP contribution < -0.4 is 5.73 Å². The molecule has 0 saturated carbocycles. The Labute approximate surface area is 89.1 Å². The van der Waals surface area contributed by atoms with Crippen LogP contribution in [0.5, 0.6) is 0 Å². The van der Waals surface area contributed by atoms with Gasteiger partial charge < -0.3 is 5.73 Å². The molecule has 2 N–H and O–H groups in total. The zero-order valence-electron chi connectivity index (χ0n) is 7.30. The van der Waals surface area contributed by atoms with Crippen molar-refractivity contribution in [2.75, 3.05) is 0 Å². The molecule has 0 unspecified atom stereocenters. The van der Waals surface area contributed by atoms with Gasteiger partial charge in [0.1, 0.15) is 5.82 Å². The molecule has 2 rings (SSSR count). The third-order valence-electron chi connectivity index (χ3n) is 1.98. The van der Waals surface area contributed by atoms with Gasteiger partial charge in [0.25, 0.3) is 0 Å². The number of nitrogens with two attached hydrogens (primary N) is 1. The maximum Gasteiger partial charge on any atom is 0.125 e. The minimum Gasteiger partial charge on any atom is -0.325 e. The number of halogens is 2. The van der Waals surface area contributed by atoms with Crippen molar-refractivity contribution in [3.63, 3.8) is 0 Å². The van der Waals surface area contributed by atoms with Gasteiger partial charge in [-0.15, -0.1) is 0 Å². The Hall–Kier alpha value is -1.00. The minimum atomic E-state index is -0.272. The summed E-state index contributed by atoms with van der Waals surface area (Å²) in [6.45, 7) is 0.389. The number of nitrogens with zero attached hydrogens (tertiary/aromatic N) is 1. The quantitative estimate of drug-likeness (QED) is 0.850. The summed E-state index contributed by atoms with van der Waals surface area (Å²) in [6, 6.07) is 6.47. The normalized spacial score (nSPS) is 10.8. The number of hydrogen-bond acceptors (Lipinski definition) is 2. The average molecular weight is 255 g/mol. The average Bonchev–Trinajstić information content (AvgIpc) is 2.17. The standard InChI is InChI=1S/C10H8BrFN2/c11-9-4-7(12)3-6-1-2-8(5-13)14-10(6)9/h1-4H,5,13H2. The largest absolute Gasteiger partial charge is 0.325 e. The number of fused-ring (bicyclic) bond motifs is 1. The molecule has 2 nitrogen and oxygen atoms in total. The maximum atomic E-state index is 13.0. The van der Waals surface area contributed by atoms with Gasteiger partial charge in [0.15, 0.2) is 0 Å². The third kappa shape index (κ3) is 1.63. The molecule has 0 fully saturated rings. The predicted octanol–water partition coefficient (Wildman–Crippen LogP) is 2.60. The highest BCUT2D eigenvalue weighted by Gasteiger charge is 2.03. The second kappa shape index (κ2) is 3.63. The number of aromatic nitrogens is 1. The highest BCUT2D eigenvalue weighted by Crippen LogP contribution is 2.23. The number of pyridine rings is 1. The lowest BCUT2D eigenvalue weighted by Gasteiger charge is -2.02. The Balaban J connectivity index is 2.75. The predicted molar refractivity (Wildman–Crippen MR) is 57.3 cm³/mol. The smallest absolute Gasteiger partial charge is 0.125 e. The highest BCUT2D eigenvalue weighted by atomic mass is 79.9. The van der Waals surface area contributed by atoms with Crippen molar-refractivity contribution in [2.45, 2.75) is 6.54 Å².